The summed E-state index contributed by atoms with van der Waals surface area (Å²) < 4.78 is 5.73. The maximum atomic E-state index is 10.9. The van der Waals surface area contributed by atoms with Gasteiger partial charge in [-0.3, -0.25) is 0 Å². The summed E-state index contributed by atoms with van der Waals surface area (Å²) in [5, 5.41) is 0. The van der Waals surface area contributed by atoms with Crippen LogP contribution in [0.1, 0.15) is 31.2 Å². The molecule has 0 radical (unpaired) electrons. The number of carbonyl (C=O) groups excluding carboxylic acids is 1. The van der Waals surface area contributed by atoms with Gasteiger partial charge in [-0.2, -0.15) is 0 Å². The number of rotatable bonds is 5. The highest BCUT2D eigenvalue weighted by Gasteiger charge is 2.24. The first-order chi connectivity index (χ1) is 8.40. The van der Waals surface area contributed by atoms with Crippen LogP contribution in [0.4, 0.5) is 0 Å². The van der Waals surface area contributed by atoms with E-state index >= 15 is 0 Å². The van der Waals surface area contributed by atoms with E-state index in [0.717, 1.165) is 25.7 Å². The third-order valence-electron chi connectivity index (χ3n) is 3.59. The molecule has 17 heavy (non-hydrogen) atoms. The van der Waals surface area contributed by atoms with E-state index < -0.39 is 0 Å². The van der Waals surface area contributed by atoms with E-state index in [0.29, 0.717) is 12.5 Å². The molecule has 0 bridgehead atoms. The zero-order chi connectivity index (χ0) is 11.9. The maximum absolute atomic E-state index is 10.9. The van der Waals surface area contributed by atoms with Crippen molar-refractivity contribution in [1.82, 2.24) is 0 Å². The first-order valence-electron chi connectivity index (χ1n) is 6.47. The largest absolute Gasteiger partial charge is 0.376 e. The molecule has 0 spiro atoms. The molecule has 1 aromatic carbocycles. The molecule has 0 amide bonds. The number of aldehydes is 1. The van der Waals surface area contributed by atoms with Gasteiger partial charge in [0.2, 0.25) is 0 Å². The van der Waals surface area contributed by atoms with E-state index in [9.17, 15) is 4.79 Å². The summed E-state index contributed by atoms with van der Waals surface area (Å²) in [6.45, 7) is 1.38. The van der Waals surface area contributed by atoms with Gasteiger partial charge in [0.1, 0.15) is 6.29 Å². The van der Waals surface area contributed by atoms with Crippen LogP contribution in [0.3, 0.4) is 0 Å². The van der Waals surface area contributed by atoms with E-state index in [-0.39, 0.29) is 5.92 Å². The molecule has 0 N–H and O–H groups in total. The van der Waals surface area contributed by atoms with Crippen molar-refractivity contribution < 1.29 is 9.53 Å². The zero-order valence-corrected chi connectivity index (χ0v) is 10.2. The van der Waals surface area contributed by atoms with Gasteiger partial charge in [0.05, 0.1) is 13.2 Å². The highest BCUT2D eigenvalue weighted by Crippen LogP contribution is 2.28. The molecule has 0 heterocycles. The van der Waals surface area contributed by atoms with Crippen molar-refractivity contribution in [2.45, 2.75) is 32.3 Å². The second-order valence-electron chi connectivity index (χ2n) is 4.85. The normalized spacial score (nSPS) is 24.5. The molecule has 1 aromatic rings. The van der Waals surface area contributed by atoms with Crippen LogP contribution in [0.15, 0.2) is 30.3 Å². The van der Waals surface area contributed by atoms with Crippen molar-refractivity contribution in [2.75, 3.05) is 6.61 Å². The fraction of sp³-hybridized carbons (Fsp3) is 0.533. The molecule has 1 saturated carbocycles. The average molecular weight is 232 g/mol. The second kappa shape index (κ2) is 6.55. The monoisotopic (exact) mass is 232 g/mol. The summed E-state index contributed by atoms with van der Waals surface area (Å²) in [7, 11) is 0. The molecule has 0 unspecified atom stereocenters. The summed E-state index contributed by atoms with van der Waals surface area (Å²) in [5.41, 5.74) is 1.20. The first-order valence-corrected chi connectivity index (χ1v) is 6.47. The Balaban J connectivity index is 1.75. The van der Waals surface area contributed by atoms with Gasteiger partial charge in [0.25, 0.3) is 0 Å². The van der Waals surface area contributed by atoms with E-state index in [1.165, 1.54) is 18.4 Å². The van der Waals surface area contributed by atoms with E-state index in [1.807, 2.05) is 18.2 Å². The minimum Gasteiger partial charge on any atom is -0.376 e. The van der Waals surface area contributed by atoms with Gasteiger partial charge in [0.15, 0.2) is 0 Å². The van der Waals surface area contributed by atoms with Gasteiger partial charge in [0, 0.05) is 5.92 Å². The van der Waals surface area contributed by atoms with Crippen molar-refractivity contribution in [3.8, 4) is 0 Å². The van der Waals surface area contributed by atoms with Crippen molar-refractivity contribution >= 4 is 6.29 Å². The quantitative estimate of drug-likeness (QED) is 0.729. The van der Waals surface area contributed by atoms with Crippen LogP contribution >= 0.6 is 0 Å². The zero-order valence-electron chi connectivity index (χ0n) is 10.2. The number of carbonyl (C=O) groups is 1. The topological polar surface area (TPSA) is 26.3 Å². The third-order valence-corrected chi connectivity index (χ3v) is 3.59. The highest BCUT2D eigenvalue weighted by atomic mass is 16.5. The van der Waals surface area contributed by atoms with Gasteiger partial charge < -0.3 is 9.53 Å². The van der Waals surface area contributed by atoms with E-state index in [1.54, 1.807) is 0 Å². The standard InChI is InChI=1S/C15H20O2/c16-10-14-8-4-5-9-15(14)12-17-11-13-6-2-1-3-7-13/h1-3,6-7,10,14-15H,4-5,8-9,11-12H2/t14-,15-/m0/s1. The van der Waals surface area contributed by atoms with Crippen LogP contribution < -0.4 is 0 Å². The molecule has 2 heteroatoms. The van der Waals surface area contributed by atoms with Crippen molar-refractivity contribution in [3.05, 3.63) is 35.9 Å². The molecule has 1 aliphatic carbocycles. The number of hydrogen-bond donors (Lipinski definition) is 0. The predicted octanol–water partition coefficient (Wildman–Crippen LogP) is 3.21. The molecule has 92 valence electrons. The van der Waals surface area contributed by atoms with Crippen molar-refractivity contribution in [3.63, 3.8) is 0 Å². The molecule has 2 nitrogen and oxygen atoms in total. The Bertz CT molecular complexity index is 334. The highest BCUT2D eigenvalue weighted by molar-refractivity contribution is 5.54. The molecule has 1 fully saturated rings. The lowest BCUT2D eigenvalue weighted by Crippen LogP contribution is -2.25. The molecular weight excluding hydrogens is 212 g/mol. The summed E-state index contributed by atoms with van der Waals surface area (Å²) in [4.78, 5) is 10.9. The summed E-state index contributed by atoms with van der Waals surface area (Å²) in [6, 6.07) is 10.2. The number of benzene rings is 1. The van der Waals surface area contributed by atoms with Crippen LogP contribution in [0, 0.1) is 11.8 Å². The third kappa shape index (κ3) is 3.67. The lowest BCUT2D eigenvalue weighted by molar-refractivity contribution is -0.114. The smallest absolute Gasteiger partial charge is 0.123 e. The maximum Gasteiger partial charge on any atom is 0.123 e. The van der Waals surface area contributed by atoms with Crippen LogP contribution in [0.2, 0.25) is 0 Å². The summed E-state index contributed by atoms with van der Waals surface area (Å²) in [5.74, 6) is 0.657. The molecule has 0 aliphatic heterocycles. The predicted molar refractivity (Wildman–Crippen MR) is 67.6 cm³/mol. The molecule has 0 aromatic heterocycles. The van der Waals surface area contributed by atoms with Crippen LogP contribution in [-0.4, -0.2) is 12.9 Å². The Morgan fingerprint density at radius 2 is 1.94 bits per heavy atom. The number of ether oxygens (including phenoxy) is 1. The molecule has 2 rings (SSSR count). The lowest BCUT2D eigenvalue weighted by atomic mass is 9.81. The van der Waals surface area contributed by atoms with Gasteiger partial charge >= 0.3 is 0 Å². The minimum atomic E-state index is 0.222. The Morgan fingerprint density at radius 1 is 1.18 bits per heavy atom. The molecular formula is C15H20O2. The first kappa shape index (κ1) is 12.3. The fourth-order valence-corrected chi connectivity index (χ4v) is 2.52. The van der Waals surface area contributed by atoms with Gasteiger partial charge in [-0.25, -0.2) is 0 Å². The van der Waals surface area contributed by atoms with Crippen molar-refractivity contribution in [1.29, 1.82) is 0 Å². The van der Waals surface area contributed by atoms with Crippen LogP contribution in [-0.2, 0) is 16.1 Å². The molecule has 2 atom stereocenters. The second-order valence-corrected chi connectivity index (χ2v) is 4.85. The summed E-state index contributed by atoms with van der Waals surface area (Å²) >= 11 is 0. The fourth-order valence-electron chi connectivity index (χ4n) is 2.52. The summed E-state index contributed by atoms with van der Waals surface area (Å²) in [6.07, 6.45) is 5.74. The number of hydrogen-bond acceptors (Lipinski definition) is 2. The average Bonchev–Trinajstić information content (AvgIpc) is 2.40. The SMILES string of the molecule is O=C[C@@H]1CCCC[C@H]1COCc1ccccc1. The Labute approximate surface area is 103 Å². The minimum absolute atomic E-state index is 0.222. The molecule has 0 saturated heterocycles. The van der Waals surface area contributed by atoms with Gasteiger partial charge in [-0.15, -0.1) is 0 Å². The molecule has 1 aliphatic rings. The van der Waals surface area contributed by atoms with E-state index in [4.69, 9.17) is 4.74 Å². The Kier molecular flexibility index (Phi) is 4.75. The van der Waals surface area contributed by atoms with Gasteiger partial charge in [-0.05, 0) is 24.3 Å². The van der Waals surface area contributed by atoms with Crippen LogP contribution in [0.25, 0.3) is 0 Å². The lowest BCUT2D eigenvalue weighted by Gasteiger charge is -2.27. The van der Waals surface area contributed by atoms with E-state index in [2.05, 4.69) is 12.1 Å². The van der Waals surface area contributed by atoms with Gasteiger partial charge in [-0.1, -0.05) is 43.2 Å². The Morgan fingerprint density at radius 3 is 2.71 bits per heavy atom. The Hall–Kier alpha value is -1.15. The van der Waals surface area contributed by atoms with Crippen molar-refractivity contribution in [2.24, 2.45) is 11.8 Å². The van der Waals surface area contributed by atoms with Crippen LogP contribution in [0.5, 0.6) is 0 Å².